The molecule has 1 aliphatic heterocycles. The van der Waals surface area contributed by atoms with Crippen LogP contribution in [0, 0.1) is 0 Å². The second-order valence-corrected chi connectivity index (χ2v) is 4.02. The number of hydrazone groups is 1. The molecule has 4 nitrogen and oxygen atoms in total. The molecule has 0 spiro atoms. The summed E-state index contributed by atoms with van der Waals surface area (Å²) in [6, 6.07) is 8.13. The van der Waals surface area contributed by atoms with Crippen LogP contribution in [0.3, 0.4) is 0 Å². The molecule has 0 aliphatic carbocycles. The fourth-order valence-corrected chi connectivity index (χ4v) is 1.58. The zero-order valence-corrected chi connectivity index (χ0v) is 9.55. The monoisotopic (exact) mass is 217 g/mol. The quantitative estimate of drug-likeness (QED) is 0.667. The highest BCUT2D eigenvalue weighted by Gasteiger charge is 2.10. The molecular weight excluding hydrogens is 202 g/mol. The van der Waals surface area contributed by atoms with E-state index < -0.39 is 0 Å². The number of nitrogens with zero attached hydrogens (tertiary/aromatic N) is 3. The zero-order chi connectivity index (χ0) is 11.5. The second-order valence-electron chi connectivity index (χ2n) is 4.02. The Balaban J connectivity index is 2.17. The molecule has 0 N–H and O–H groups in total. The van der Waals surface area contributed by atoms with Gasteiger partial charge in [-0.2, -0.15) is 0 Å². The van der Waals surface area contributed by atoms with Crippen molar-refractivity contribution in [2.75, 3.05) is 25.5 Å². The van der Waals surface area contributed by atoms with Crippen molar-refractivity contribution < 1.29 is 9.79 Å². The highest BCUT2D eigenvalue weighted by atomic mass is 16.3. The average molecular weight is 217 g/mol. The Bertz CT molecular complexity index is 432. The molecule has 1 aromatic rings. The van der Waals surface area contributed by atoms with Crippen LogP contribution in [0.2, 0.25) is 0 Å². The predicted molar refractivity (Wildman–Crippen MR) is 63.1 cm³/mol. The first kappa shape index (κ1) is 10.7. The maximum Gasteiger partial charge on any atom is 0.203 e. The molecular formula is C12H15N3O. The van der Waals surface area contributed by atoms with Crippen LogP contribution in [-0.4, -0.2) is 37.4 Å². The van der Waals surface area contributed by atoms with Crippen molar-refractivity contribution in [3.8, 4) is 0 Å². The summed E-state index contributed by atoms with van der Waals surface area (Å²) in [5, 5.41) is 14.8. The lowest BCUT2D eigenvalue weighted by Gasteiger charge is -2.11. The normalized spacial score (nSPS) is 17.6. The van der Waals surface area contributed by atoms with Crippen molar-refractivity contribution in [1.82, 2.24) is 0 Å². The first-order valence-corrected chi connectivity index (χ1v) is 5.28. The molecule has 0 saturated carbocycles. The average Bonchev–Trinajstić information content (AvgIpc) is 2.65. The van der Waals surface area contributed by atoms with Crippen LogP contribution in [0.25, 0.3) is 0 Å². The maximum atomic E-state index is 11.0. The topological polar surface area (TPSA) is 41.7 Å². The van der Waals surface area contributed by atoms with E-state index in [1.54, 1.807) is 4.68 Å². The molecule has 84 valence electrons. The van der Waals surface area contributed by atoms with E-state index in [1.165, 1.54) is 0 Å². The summed E-state index contributed by atoms with van der Waals surface area (Å²) in [7, 11) is 4.01. The lowest BCUT2D eigenvalue weighted by molar-refractivity contribution is -0.519. The minimum atomic E-state index is -0.0406. The highest BCUT2D eigenvalue weighted by Crippen LogP contribution is 2.11. The van der Waals surface area contributed by atoms with Crippen LogP contribution < -0.4 is 10.0 Å². The summed E-state index contributed by atoms with van der Waals surface area (Å²) in [6.07, 6.45) is 2.41. The minimum absolute atomic E-state index is 0.0406. The maximum absolute atomic E-state index is 11.0. The smallest absolute Gasteiger partial charge is 0.203 e. The van der Waals surface area contributed by atoms with Crippen molar-refractivity contribution in [2.24, 2.45) is 5.10 Å². The lowest BCUT2D eigenvalue weighted by atomic mass is 10.2. The van der Waals surface area contributed by atoms with Gasteiger partial charge in [-0.15, -0.1) is 0 Å². The van der Waals surface area contributed by atoms with Gasteiger partial charge in [-0.25, -0.2) is 0 Å². The van der Waals surface area contributed by atoms with Gasteiger partial charge >= 0.3 is 0 Å². The zero-order valence-electron chi connectivity index (χ0n) is 9.55. The van der Waals surface area contributed by atoms with E-state index in [0.29, 0.717) is 13.0 Å². The van der Waals surface area contributed by atoms with Gasteiger partial charge in [-0.05, 0) is 29.4 Å². The molecule has 0 radical (unpaired) electrons. The van der Waals surface area contributed by atoms with Gasteiger partial charge in [0.1, 0.15) is 0 Å². The van der Waals surface area contributed by atoms with E-state index in [-0.39, 0.29) is 5.90 Å². The molecule has 16 heavy (non-hydrogen) atoms. The lowest BCUT2D eigenvalue weighted by Crippen LogP contribution is -2.13. The van der Waals surface area contributed by atoms with Crippen molar-refractivity contribution in [2.45, 2.75) is 6.42 Å². The van der Waals surface area contributed by atoms with Gasteiger partial charge in [0, 0.05) is 37.7 Å². The van der Waals surface area contributed by atoms with Crippen molar-refractivity contribution in [3.05, 3.63) is 29.8 Å². The molecule has 1 heterocycles. The van der Waals surface area contributed by atoms with Crippen molar-refractivity contribution in [1.29, 1.82) is 0 Å². The third kappa shape index (κ3) is 2.39. The van der Waals surface area contributed by atoms with E-state index in [1.807, 2.05) is 49.5 Å². The highest BCUT2D eigenvalue weighted by molar-refractivity contribution is 5.78. The Morgan fingerprint density at radius 2 is 2.00 bits per heavy atom. The summed E-state index contributed by atoms with van der Waals surface area (Å²) in [4.78, 5) is 2.05. The first-order chi connectivity index (χ1) is 7.65. The van der Waals surface area contributed by atoms with Crippen molar-refractivity contribution in [3.63, 3.8) is 0 Å². The Morgan fingerprint density at radius 1 is 1.31 bits per heavy atom. The van der Waals surface area contributed by atoms with Gasteiger partial charge in [0.05, 0.1) is 0 Å². The van der Waals surface area contributed by atoms with E-state index in [2.05, 4.69) is 5.10 Å². The van der Waals surface area contributed by atoms with E-state index in [4.69, 9.17) is 0 Å². The first-order valence-electron chi connectivity index (χ1n) is 5.28. The summed E-state index contributed by atoms with van der Waals surface area (Å²) in [6.45, 7) is 0.689. The SMILES string of the molecule is CN(C)c1ccc(/C=[N+]2\CCC([O-])=N2)cc1. The molecule has 1 aliphatic rings. The molecule has 2 rings (SSSR count). The minimum Gasteiger partial charge on any atom is -0.857 e. The van der Waals surface area contributed by atoms with Gasteiger partial charge < -0.3 is 10.0 Å². The summed E-state index contributed by atoms with van der Waals surface area (Å²) in [5.41, 5.74) is 2.22. The number of hydrogen-bond donors (Lipinski definition) is 0. The number of rotatable bonds is 2. The molecule has 0 fully saturated rings. The molecule has 1 aromatic carbocycles. The standard InChI is InChI=1S/C12H15N3O/c1-14(2)11-5-3-10(4-6-11)9-15-8-7-12(16)13-15/h3-6,9H,7-8H2,1-2H3. The fraction of sp³-hybridized carbons (Fsp3) is 0.333. The summed E-state index contributed by atoms with van der Waals surface area (Å²) < 4.78 is 1.70. The Kier molecular flexibility index (Phi) is 2.90. The number of hydrogen-bond acceptors (Lipinski definition) is 3. The Morgan fingerprint density at radius 3 is 2.50 bits per heavy atom. The summed E-state index contributed by atoms with van der Waals surface area (Å²) in [5.74, 6) is -0.0406. The summed E-state index contributed by atoms with van der Waals surface area (Å²) >= 11 is 0. The molecule has 0 unspecified atom stereocenters. The van der Waals surface area contributed by atoms with Gasteiger partial charge in [0.2, 0.25) is 6.21 Å². The molecule has 0 saturated heterocycles. The van der Waals surface area contributed by atoms with Crippen molar-refractivity contribution >= 4 is 17.8 Å². The van der Waals surface area contributed by atoms with Crippen LogP contribution in [0.1, 0.15) is 12.0 Å². The van der Waals surface area contributed by atoms with Gasteiger partial charge in [-0.3, -0.25) is 0 Å². The van der Waals surface area contributed by atoms with Gasteiger partial charge in [0.15, 0.2) is 6.54 Å². The molecule has 0 bridgehead atoms. The van der Waals surface area contributed by atoms with Gasteiger partial charge in [0.25, 0.3) is 0 Å². The van der Waals surface area contributed by atoms with Crippen LogP contribution in [0.4, 0.5) is 5.69 Å². The van der Waals surface area contributed by atoms with Crippen LogP contribution in [0.15, 0.2) is 29.4 Å². The third-order valence-electron chi connectivity index (χ3n) is 2.50. The second kappa shape index (κ2) is 4.35. The third-order valence-corrected chi connectivity index (χ3v) is 2.50. The van der Waals surface area contributed by atoms with Crippen LogP contribution >= 0.6 is 0 Å². The molecule has 0 amide bonds. The van der Waals surface area contributed by atoms with E-state index in [9.17, 15) is 5.11 Å². The van der Waals surface area contributed by atoms with Gasteiger partial charge in [-0.1, -0.05) is 4.68 Å². The molecule has 0 aromatic heterocycles. The molecule has 0 atom stereocenters. The largest absolute Gasteiger partial charge is 0.857 e. The number of benzene rings is 1. The Hall–Kier alpha value is -1.84. The fourth-order valence-electron chi connectivity index (χ4n) is 1.58. The number of anilines is 1. The van der Waals surface area contributed by atoms with E-state index in [0.717, 1.165) is 11.3 Å². The Labute approximate surface area is 95.1 Å². The van der Waals surface area contributed by atoms with E-state index >= 15 is 0 Å². The molecule has 4 heteroatoms. The predicted octanol–water partition coefficient (Wildman–Crippen LogP) is 0.261. The van der Waals surface area contributed by atoms with Crippen LogP contribution in [-0.2, 0) is 0 Å². The van der Waals surface area contributed by atoms with Crippen LogP contribution in [0.5, 0.6) is 0 Å².